The van der Waals surface area contributed by atoms with Crippen LogP contribution in [0.2, 0.25) is 18.1 Å². The number of rotatable bonds is 4. The molecule has 108 valence electrons. The summed E-state index contributed by atoms with van der Waals surface area (Å²) in [5.41, 5.74) is 1.53. The number of hydrogen-bond donors (Lipinski definition) is 0. The molecular weight excluding hydrogens is 252 g/mol. The summed E-state index contributed by atoms with van der Waals surface area (Å²) in [5.74, 6) is 1.63. The minimum atomic E-state index is -1.60. The lowest BCUT2D eigenvalue weighted by Gasteiger charge is -2.36. The highest BCUT2D eigenvalue weighted by atomic mass is 28.4. The number of allylic oxidation sites excluding steroid dienone is 1. The van der Waals surface area contributed by atoms with Gasteiger partial charge in [0, 0.05) is 19.4 Å². The summed E-state index contributed by atoms with van der Waals surface area (Å²) in [6.07, 6.45) is 6.17. The Labute approximate surface area is 118 Å². The summed E-state index contributed by atoms with van der Waals surface area (Å²) < 4.78 is 6.23. The van der Waals surface area contributed by atoms with E-state index in [1.165, 1.54) is 5.57 Å². The normalized spacial score (nSPS) is 27.6. The molecule has 0 aliphatic heterocycles. The van der Waals surface area contributed by atoms with E-state index in [0.29, 0.717) is 22.7 Å². The first-order valence-electron chi connectivity index (χ1n) is 7.54. The van der Waals surface area contributed by atoms with Crippen LogP contribution in [-0.4, -0.2) is 20.7 Å². The van der Waals surface area contributed by atoms with E-state index < -0.39 is 8.32 Å². The first kappa shape index (κ1) is 15.0. The van der Waals surface area contributed by atoms with Crippen molar-refractivity contribution in [3.8, 4) is 0 Å². The van der Waals surface area contributed by atoms with Crippen molar-refractivity contribution in [1.29, 1.82) is 0 Å². The Kier molecular flexibility index (Phi) is 4.08. The van der Waals surface area contributed by atoms with Gasteiger partial charge in [-0.3, -0.25) is 4.79 Å². The van der Waals surface area contributed by atoms with Gasteiger partial charge < -0.3 is 4.43 Å². The molecular formula is C16H28O2Si. The monoisotopic (exact) mass is 280 g/mol. The van der Waals surface area contributed by atoms with E-state index in [-0.39, 0.29) is 0 Å². The van der Waals surface area contributed by atoms with Crippen LogP contribution in [0, 0.1) is 11.8 Å². The molecule has 0 bridgehead atoms. The highest BCUT2D eigenvalue weighted by Gasteiger charge is 2.38. The van der Waals surface area contributed by atoms with Crippen molar-refractivity contribution in [1.82, 2.24) is 0 Å². The third kappa shape index (κ3) is 3.37. The van der Waals surface area contributed by atoms with E-state index in [4.69, 9.17) is 4.43 Å². The van der Waals surface area contributed by atoms with Crippen molar-refractivity contribution < 1.29 is 9.22 Å². The van der Waals surface area contributed by atoms with Gasteiger partial charge in [0.2, 0.25) is 0 Å². The molecule has 0 N–H and O–H groups in total. The van der Waals surface area contributed by atoms with E-state index in [0.717, 1.165) is 32.3 Å². The summed E-state index contributed by atoms with van der Waals surface area (Å²) in [4.78, 5) is 11.4. The van der Waals surface area contributed by atoms with Crippen LogP contribution >= 0.6 is 0 Å². The fourth-order valence-electron chi connectivity index (χ4n) is 2.92. The van der Waals surface area contributed by atoms with E-state index in [2.05, 4.69) is 39.9 Å². The first-order valence-corrected chi connectivity index (χ1v) is 10.4. The van der Waals surface area contributed by atoms with Gasteiger partial charge in [-0.15, -0.1) is 0 Å². The maximum atomic E-state index is 11.4. The predicted octanol–water partition coefficient (Wildman–Crippen LogP) is 4.32. The number of ketones is 1. The van der Waals surface area contributed by atoms with Crippen molar-refractivity contribution in [2.75, 3.05) is 6.61 Å². The average Bonchev–Trinajstić information content (AvgIpc) is 2.72. The molecule has 0 aromatic rings. The summed E-state index contributed by atoms with van der Waals surface area (Å²) in [7, 11) is -1.60. The van der Waals surface area contributed by atoms with Gasteiger partial charge in [0.05, 0.1) is 0 Å². The molecule has 2 atom stereocenters. The third-order valence-corrected chi connectivity index (χ3v) is 9.76. The summed E-state index contributed by atoms with van der Waals surface area (Å²) in [5, 5.41) is 0.292. The molecule has 0 unspecified atom stereocenters. The number of carbonyl (C=O) groups is 1. The quantitative estimate of drug-likeness (QED) is 0.566. The molecule has 0 aromatic carbocycles. The van der Waals surface area contributed by atoms with Crippen LogP contribution in [0.3, 0.4) is 0 Å². The van der Waals surface area contributed by atoms with Gasteiger partial charge in [-0.25, -0.2) is 0 Å². The predicted molar refractivity (Wildman–Crippen MR) is 81.7 cm³/mol. The van der Waals surface area contributed by atoms with Gasteiger partial charge >= 0.3 is 0 Å². The Morgan fingerprint density at radius 2 is 1.95 bits per heavy atom. The molecule has 2 aliphatic carbocycles. The van der Waals surface area contributed by atoms with Gasteiger partial charge in [0.1, 0.15) is 5.78 Å². The van der Waals surface area contributed by atoms with Gasteiger partial charge in [-0.05, 0) is 42.8 Å². The molecule has 3 heteroatoms. The molecule has 0 radical (unpaired) electrons. The lowest BCUT2D eigenvalue weighted by Crippen LogP contribution is -2.41. The van der Waals surface area contributed by atoms with Crippen molar-refractivity contribution in [3.05, 3.63) is 11.6 Å². The van der Waals surface area contributed by atoms with Gasteiger partial charge in [-0.2, -0.15) is 0 Å². The molecule has 0 heterocycles. The number of Topliss-reactive ketones (excluding diaryl/α,β-unsaturated/α-hetero) is 1. The molecule has 1 fully saturated rings. The van der Waals surface area contributed by atoms with Gasteiger partial charge in [-0.1, -0.05) is 32.4 Å². The lowest BCUT2D eigenvalue weighted by atomic mass is 9.99. The minimum absolute atomic E-state index is 0.292. The van der Waals surface area contributed by atoms with Crippen molar-refractivity contribution >= 4 is 14.1 Å². The highest BCUT2D eigenvalue weighted by molar-refractivity contribution is 6.74. The smallest absolute Gasteiger partial charge is 0.191 e. The standard InChI is InChI=1S/C16H28O2Si/c1-16(2,3)19(4,5)18-7-6-12-8-13-10-15(17)11-14(13)9-12/h8,13-14H,6-7,9-11H2,1-5H3/t13-,14+/m1/s1. The Hall–Kier alpha value is -0.413. The number of fused-ring (bicyclic) bond motifs is 1. The fraction of sp³-hybridized carbons (Fsp3) is 0.812. The zero-order valence-electron chi connectivity index (χ0n) is 13.1. The highest BCUT2D eigenvalue weighted by Crippen LogP contribution is 2.42. The van der Waals surface area contributed by atoms with Crippen LogP contribution < -0.4 is 0 Å². The Morgan fingerprint density at radius 3 is 2.53 bits per heavy atom. The zero-order chi connectivity index (χ0) is 14.3. The molecule has 0 aromatic heterocycles. The van der Waals surface area contributed by atoms with Gasteiger partial charge in [0.25, 0.3) is 0 Å². The molecule has 0 spiro atoms. The Bertz CT molecular complexity index is 390. The van der Waals surface area contributed by atoms with Crippen LogP contribution in [0.5, 0.6) is 0 Å². The average molecular weight is 280 g/mol. The van der Waals surface area contributed by atoms with Crippen molar-refractivity contribution in [2.24, 2.45) is 11.8 Å². The maximum Gasteiger partial charge on any atom is 0.191 e. The van der Waals surface area contributed by atoms with E-state index in [9.17, 15) is 4.79 Å². The van der Waals surface area contributed by atoms with Crippen LogP contribution in [0.4, 0.5) is 0 Å². The maximum absolute atomic E-state index is 11.4. The van der Waals surface area contributed by atoms with E-state index >= 15 is 0 Å². The summed E-state index contributed by atoms with van der Waals surface area (Å²) in [6.45, 7) is 12.3. The largest absolute Gasteiger partial charge is 0.417 e. The van der Waals surface area contributed by atoms with Crippen LogP contribution in [0.1, 0.15) is 46.5 Å². The topological polar surface area (TPSA) is 26.3 Å². The molecule has 2 nitrogen and oxygen atoms in total. The fourth-order valence-corrected chi connectivity index (χ4v) is 3.97. The molecule has 19 heavy (non-hydrogen) atoms. The summed E-state index contributed by atoms with van der Waals surface area (Å²) in [6, 6.07) is 0. The van der Waals surface area contributed by atoms with Crippen LogP contribution in [-0.2, 0) is 9.22 Å². The minimum Gasteiger partial charge on any atom is -0.417 e. The Balaban J connectivity index is 1.79. The zero-order valence-corrected chi connectivity index (χ0v) is 14.1. The first-order chi connectivity index (χ1) is 8.69. The van der Waals surface area contributed by atoms with E-state index in [1.807, 2.05) is 0 Å². The van der Waals surface area contributed by atoms with E-state index in [1.54, 1.807) is 0 Å². The molecule has 1 saturated carbocycles. The summed E-state index contributed by atoms with van der Waals surface area (Å²) >= 11 is 0. The molecule has 0 saturated heterocycles. The van der Waals surface area contributed by atoms with Crippen LogP contribution in [0.15, 0.2) is 11.6 Å². The second-order valence-corrected chi connectivity index (χ2v) is 12.6. The number of hydrogen-bond acceptors (Lipinski definition) is 2. The molecule has 2 rings (SSSR count). The molecule has 0 amide bonds. The second kappa shape index (κ2) is 5.17. The lowest BCUT2D eigenvalue weighted by molar-refractivity contribution is -0.117. The third-order valence-electron chi connectivity index (χ3n) is 5.23. The van der Waals surface area contributed by atoms with Gasteiger partial charge in [0.15, 0.2) is 8.32 Å². The van der Waals surface area contributed by atoms with Crippen molar-refractivity contribution in [3.63, 3.8) is 0 Å². The molecule has 2 aliphatic rings. The Morgan fingerprint density at radius 1 is 1.26 bits per heavy atom. The second-order valence-electron chi connectivity index (χ2n) is 7.76. The van der Waals surface area contributed by atoms with Crippen LogP contribution in [0.25, 0.3) is 0 Å². The SMILES string of the molecule is CC(C)(C)[Si](C)(C)OCCC1=C[C@@H]2CC(=O)C[C@@H]2C1. The number of carbonyl (C=O) groups excluding carboxylic acids is 1. The van der Waals surface area contributed by atoms with Crippen molar-refractivity contribution in [2.45, 2.75) is 64.6 Å².